The lowest BCUT2D eigenvalue weighted by Gasteiger charge is -2.19. The first kappa shape index (κ1) is 15.5. The van der Waals surface area contributed by atoms with Crippen LogP contribution in [0, 0.1) is 13.8 Å². The fourth-order valence-electron chi connectivity index (χ4n) is 2.88. The van der Waals surface area contributed by atoms with Gasteiger partial charge < -0.3 is 10.5 Å². The Morgan fingerprint density at radius 1 is 1.30 bits per heavy atom. The number of hydrogen-bond donors (Lipinski definition) is 1. The van der Waals surface area contributed by atoms with Crippen LogP contribution in [0.3, 0.4) is 0 Å². The Kier molecular flexibility index (Phi) is 4.52. The number of sulfone groups is 1. The van der Waals surface area contributed by atoms with Gasteiger partial charge in [0.05, 0.1) is 17.1 Å². The minimum absolute atomic E-state index is 0.0196. The zero-order valence-corrected chi connectivity index (χ0v) is 13.1. The van der Waals surface area contributed by atoms with Crippen molar-refractivity contribution in [2.75, 3.05) is 12.4 Å². The quantitative estimate of drug-likeness (QED) is 0.921. The topological polar surface area (TPSA) is 69.4 Å². The molecule has 0 aliphatic carbocycles. The van der Waals surface area contributed by atoms with E-state index in [0.29, 0.717) is 13.0 Å². The third kappa shape index (κ3) is 3.40. The molecule has 0 aromatic heterocycles. The molecule has 0 spiro atoms. The Labute approximate surface area is 121 Å². The van der Waals surface area contributed by atoms with Crippen LogP contribution in [0.2, 0.25) is 0 Å². The molecule has 1 aliphatic rings. The maximum absolute atomic E-state index is 12.4. The smallest absolute Gasteiger partial charge is 0.157 e. The fourth-order valence-corrected chi connectivity index (χ4v) is 4.94. The van der Waals surface area contributed by atoms with E-state index in [4.69, 9.17) is 10.5 Å². The van der Waals surface area contributed by atoms with Crippen LogP contribution in [0.15, 0.2) is 18.2 Å². The van der Waals surface area contributed by atoms with Crippen LogP contribution in [-0.4, -0.2) is 32.1 Å². The van der Waals surface area contributed by atoms with Crippen molar-refractivity contribution in [3.63, 3.8) is 0 Å². The number of rotatable bonds is 4. The predicted octanol–water partition coefficient (Wildman–Crippen LogP) is 1.90. The highest BCUT2D eigenvalue weighted by molar-refractivity contribution is 7.92. The molecular formula is C15H23NO3S. The Morgan fingerprint density at radius 3 is 2.40 bits per heavy atom. The number of ether oxygens (including phenoxy) is 1. The molecule has 3 unspecified atom stereocenters. The lowest BCUT2D eigenvalue weighted by atomic mass is 10.0. The summed E-state index contributed by atoms with van der Waals surface area (Å²) in [4.78, 5) is 0. The lowest BCUT2D eigenvalue weighted by molar-refractivity contribution is 0.126. The summed E-state index contributed by atoms with van der Waals surface area (Å²) in [6, 6.07) is 5.49. The van der Waals surface area contributed by atoms with Crippen LogP contribution in [0.25, 0.3) is 0 Å². The highest BCUT2D eigenvalue weighted by Crippen LogP contribution is 2.25. The third-order valence-corrected chi connectivity index (χ3v) is 6.22. The molecular weight excluding hydrogens is 274 g/mol. The molecule has 1 aromatic carbocycles. The van der Waals surface area contributed by atoms with E-state index >= 15 is 0 Å². The standard InChI is InChI=1S/C15H23NO3S/c1-10-6-11(2)8-13(7-10)14(16)9-20(17,18)15-4-5-19-12(15)3/h6-8,12,14-15H,4-5,9,16H2,1-3H3. The van der Waals surface area contributed by atoms with Crippen molar-refractivity contribution in [3.8, 4) is 0 Å². The molecule has 112 valence electrons. The van der Waals surface area contributed by atoms with E-state index in [0.717, 1.165) is 16.7 Å². The van der Waals surface area contributed by atoms with Crippen molar-refractivity contribution in [1.29, 1.82) is 0 Å². The molecule has 2 N–H and O–H groups in total. The minimum Gasteiger partial charge on any atom is -0.377 e. The van der Waals surface area contributed by atoms with Gasteiger partial charge in [0.25, 0.3) is 0 Å². The molecule has 1 fully saturated rings. The van der Waals surface area contributed by atoms with Gasteiger partial charge in [-0.05, 0) is 32.8 Å². The normalized spacial score (nSPS) is 24.8. The van der Waals surface area contributed by atoms with E-state index in [1.165, 1.54) is 0 Å². The summed E-state index contributed by atoms with van der Waals surface area (Å²) in [5.41, 5.74) is 9.20. The van der Waals surface area contributed by atoms with Gasteiger partial charge in [0.2, 0.25) is 0 Å². The van der Waals surface area contributed by atoms with Gasteiger partial charge in [-0.15, -0.1) is 0 Å². The Bertz CT molecular complexity index is 563. The van der Waals surface area contributed by atoms with Crippen LogP contribution in [0.5, 0.6) is 0 Å². The van der Waals surface area contributed by atoms with E-state index < -0.39 is 21.1 Å². The molecule has 1 saturated heterocycles. The molecule has 1 aromatic rings. The summed E-state index contributed by atoms with van der Waals surface area (Å²) in [6.07, 6.45) is 0.342. The Balaban J connectivity index is 2.16. The second-order valence-corrected chi connectivity index (χ2v) is 8.02. The van der Waals surface area contributed by atoms with Crippen molar-refractivity contribution in [1.82, 2.24) is 0 Å². The van der Waals surface area contributed by atoms with E-state index in [1.807, 2.05) is 32.9 Å². The first-order chi connectivity index (χ1) is 9.29. The van der Waals surface area contributed by atoms with Gasteiger partial charge in [-0.1, -0.05) is 29.3 Å². The van der Waals surface area contributed by atoms with Crippen molar-refractivity contribution >= 4 is 9.84 Å². The van der Waals surface area contributed by atoms with Gasteiger partial charge in [0.1, 0.15) is 0 Å². The van der Waals surface area contributed by atoms with E-state index in [2.05, 4.69) is 6.07 Å². The first-order valence-corrected chi connectivity index (χ1v) is 8.68. The van der Waals surface area contributed by atoms with Crippen LogP contribution in [0.1, 0.15) is 36.1 Å². The molecule has 0 saturated carbocycles. The Hall–Kier alpha value is -0.910. The lowest BCUT2D eigenvalue weighted by Crippen LogP contribution is -2.34. The van der Waals surface area contributed by atoms with Crippen molar-refractivity contribution < 1.29 is 13.2 Å². The van der Waals surface area contributed by atoms with Gasteiger partial charge in [0, 0.05) is 12.6 Å². The highest BCUT2D eigenvalue weighted by Gasteiger charge is 2.36. The van der Waals surface area contributed by atoms with Gasteiger partial charge in [0.15, 0.2) is 9.84 Å². The summed E-state index contributed by atoms with van der Waals surface area (Å²) in [6.45, 7) is 6.32. The summed E-state index contributed by atoms with van der Waals surface area (Å²) < 4.78 is 30.2. The van der Waals surface area contributed by atoms with E-state index in [1.54, 1.807) is 0 Å². The van der Waals surface area contributed by atoms with Crippen molar-refractivity contribution in [2.24, 2.45) is 5.73 Å². The minimum atomic E-state index is -3.23. The molecule has 0 radical (unpaired) electrons. The average molecular weight is 297 g/mol. The molecule has 2 rings (SSSR count). The zero-order valence-electron chi connectivity index (χ0n) is 12.3. The number of hydrogen-bond acceptors (Lipinski definition) is 4. The molecule has 0 amide bonds. The summed E-state index contributed by atoms with van der Waals surface area (Å²) in [5.74, 6) is -0.0196. The largest absolute Gasteiger partial charge is 0.377 e. The molecule has 5 heteroatoms. The molecule has 0 bridgehead atoms. The third-order valence-electron chi connectivity index (χ3n) is 3.85. The maximum atomic E-state index is 12.4. The molecule has 20 heavy (non-hydrogen) atoms. The average Bonchev–Trinajstić information content (AvgIpc) is 2.74. The highest BCUT2D eigenvalue weighted by atomic mass is 32.2. The predicted molar refractivity (Wildman–Crippen MR) is 80.5 cm³/mol. The summed E-state index contributed by atoms with van der Waals surface area (Å²) in [5, 5.41) is -0.417. The van der Waals surface area contributed by atoms with E-state index in [-0.39, 0.29) is 11.9 Å². The van der Waals surface area contributed by atoms with Crippen molar-refractivity contribution in [3.05, 3.63) is 34.9 Å². The molecule has 3 atom stereocenters. The molecule has 1 aliphatic heterocycles. The second kappa shape index (κ2) is 5.84. The van der Waals surface area contributed by atoms with Gasteiger partial charge in [-0.3, -0.25) is 0 Å². The molecule has 1 heterocycles. The van der Waals surface area contributed by atoms with Gasteiger partial charge in [-0.2, -0.15) is 0 Å². The van der Waals surface area contributed by atoms with Crippen LogP contribution in [-0.2, 0) is 14.6 Å². The SMILES string of the molecule is Cc1cc(C)cc(C(N)CS(=O)(=O)C2CCOC2C)c1. The number of benzene rings is 1. The van der Waals surface area contributed by atoms with Crippen LogP contribution in [0.4, 0.5) is 0 Å². The monoisotopic (exact) mass is 297 g/mol. The fraction of sp³-hybridized carbons (Fsp3) is 0.600. The first-order valence-electron chi connectivity index (χ1n) is 6.96. The van der Waals surface area contributed by atoms with Crippen LogP contribution >= 0.6 is 0 Å². The number of nitrogens with two attached hydrogens (primary N) is 1. The maximum Gasteiger partial charge on any atom is 0.157 e. The summed E-state index contributed by atoms with van der Waals surface area (Å²) >= 11 is 0. The molecule has 4 nitrogen and oxygen atoms in total. The summed E-state index contributed by atoms with van der Waals surface area (Å²) in [7, 11) is -3.23. The van der Waals surface area contributed by atoms with Crippen molar-refractivity contribution in [2.45, 2.75) is 44.6 Å². The van der Waals surface area contributed by atoms with Crippen LogP contribution < -0.4 is 5.73 Å². The number of aryl methyl sites for hydroxylation is 2. The van der Waals surface area contributed by atoms with Gasteiger partial charge in [-0.25, -0.2) is 8.42 Å². The second-order valence-electron chi connectivity index (χ2n) is 5.76. The van der Waals surface area contributed by atoms with Gasteiger partial charge >= 0.3 is 0 Å². The zero-order chi connectivity index (χ0) is 14.9. The Morgan fingerprint density at radius 2 is 1.90 bits per heavy atom. The van der Waals surface area contributed by atoms with E-state index in [9.17, 15) is 8.42 Å².